The summed E-state index contributed by atoms with van der Waals surface area (Å²) in [5.41, 5.74) is 0. The molecule has 0 radical (unpaired) electrons. The first-order valence-electron chi connectivity index (χ1n) is 4.96. The summed E-state index contributed by atoms with van der Waals surface area (Å²) in [5.74, 6) is 0. The molecule has 0 spiro atoms. The lowest BCUT2D eigenvalue weighted by Gasteiger charge is -2.45. The van der Waals surface area contributed by atoms with Gasteiger partial charge in [-0.05, 0) is 0 Å². The van der Waals surface area contributed by atoms with Crippen molar-refractivity contribution in [1.29, 1.82) is 0 Å². The molecule has 4 nitrogen and oxygen atoms in total. The van der Waals surface area contributed by atoms with Crippen molar-refractivity contribution < 1.29 is 14.2 Å². The SMILES string of the molecule is C1OCC2COCC1N2C[C@H]1CO1. The molecule has 3 fully saturated rings. The molecule has 13 heavy (non-hydrogen) atoms. The summed E-state index contributed by atoms with van der Waals surface area (Å²) < 4.78 is 16.3. The van der Waals surface area contributed by atoms with E-state index in [4.69, 9.17) is 14.2 Å². The highest BCUT2D eigenvalue weighted by Gasteiger charge is 2.38. The number of hydrogen-bond acceptors (Lipinski definition) is 4. The van der Waals surface area contributed by atoms with E-state index in [-0.39, 0.29) is 0 Å². The fourth-order valence-corrected chi connectivity index (χ4v) is 2.16. The van der Waals surface area contributed by atoms with Gasteiger partial charge in [-0.25, -0.2) is 0 Å². The summed E-state index contributed by atoms with van der Waals surface area (Å²) in [6.07, 6.45) is 0.487. The van der Waals surface area contributed by atoms with Crippen LogP contribution >= 0.6 is 0 Å². The van der Waals surface area contributed by atoms with Crippen LogP contribution in [-0.2, 0) is 14.2 Å². The lowest BCUT2D eigenvalue weighted by atomic mass is 10.1. The van der Waals surface area contributed by atoms with Crippen molar-refractivity contribution in [2.45, 2.75) is 18.2 Å². The maximum atomic E-state index is 5.51. The molecule has 3 saturated heterocycles. The highest BCUT2D eigenvalue weighted by molar-refractivity contribution is 4.89. The fourth-order valence-electron chi connectivity index (χ4n) is 2.16. The van der Waals surface area contributed by atoms with Crippen LogP contribution in [-0.4, -0.2) is 62.7 Å². The topological polar surface area (TPSA) is 34.2 Å². The minimum absolute atomic E-state index is 0.469. The van der Waals surface area contributed by atoms with Gasteiger partial charge in [-0.3, -0.25) is 4.90 Å². The van der Waals surface area contributed by atoms with E-state index in [0.29, 0.717) is 18.2 Å². The summed E-state index contributed by atoms with van der Waals surface area (Å²) in [6.45, 7) is 5.30. The summed E-state index contributed by atoms with van der Waals surface area (Å²) >= 11 is 0. The first kappa shape index (κ1) is 8.17. The van der Waals surface area contributed by atoms with Gasteiger partial charge in [0.15, 0.2) is 0 Å². The Hall–Kier alpha value is -0.160. The molecule has 74 valence electrons. The van der Waals surface area contributed by atoms with Gasteiger partial charge in [0.25, 0.3) is 0 Å². The third-order valence-corrected chi connectivity index (χ3v) is 3.00. The van der Waals surface area contributed by atoms with Crippen LogP contribution < -0.4 is 0 Å². The van der Waals surface area contributed by atoms with E-state index >= 15 is 0 Å². The van der Waals surface area contributed by atoms with E-state index < -0.39 is 0 Å². The van der Waals surface area contributed by atoms with Crippen molar-refractivity contribution in [3.8, 4) is 0 Å². The molecule has 0 saturated carbocycles. The largest absolute Gasteiger partial charge is 0.378 e. The molecule has 0 aromatic carbocycles. The van der Waals surface area contributed by atoms with E-state index in [0.717, 1.165) is 39.6 Å². The minimum atomic E-state index is 0.469. The number of morpholine rings is 2. The first-order valence-corrected chi connectivity index (χ1v) is 4.96. The second-order valence-corrected chi connectivity index (χ2v) is 4.03. The molecule has 0 aromatic heterocycles. The molecule has 3 aliphatic heterocycles. The van der Waals surface area contributed by atoms with Crippen molar-refractivity contribution in [3.05, 3.63) is 0 Å². The Morgan fingerprint density at radius 1 is 0.923 bits per heavy atom. The number of fused-ring (bicyclic) bond motifs is 2. The van der Waals surface area contributed by atoms with Crippen LogP contribution in [0.4, 0.5) is 0 Å². The zero-order valence-corrected chi connectivity index (χ0v) is 7.65. The third kappa shape index (κ3) is 1.59. The maximum Gasteiger partial charge on any atom is 0.0936 e. The number of ether oxygens (including phenoxy) is 3. The number of rotatable bonds is 2. The van der Waals surface area contributed by atoms with Gasteiger partial charge in [0, 0.05) is 6.54 Å². The molecule has 0 N–H and O–H groups in total. The Morgan fingerprint density at radius 3 is 1.92 bits per heavy atom. The monoisotopic (exact) mass is 185 g/mol. The molecule has 1 atom stereocenters. The van der Waals surface area contributed by atoms with E-state index in [2.05, 4.69) is 4.90 Å². The van der Waals surface area contributed by atoms with Gasteiger partial charge in [0.1, 0.15) is 0 Å². The smallest absolute Gasteiger partial charge is 0.0936 e. The van der Waals surface area contributed by atoms with Crippen molar-refractivity contribution in [2.75, 3.05) is 39.6 Å². The predicted molar refractivity (Wildman–Crippen MR) is 45.7 cm³/mol. The molecule has 3 aliphatic rings. The predicted octanol–water partition coefficient (Wildman–Crippen LogP) is -0.515. The van der Waals surface area contributed by atoms with E-state index in [1.807, 2.05) is 0 Å². The number of nitrogens with zero attached hydrogens (tertiary/aromatic N) is 1. The van der Waals surface area contributed by atoms with Crippen LogP contribution in [0.15, 0.2) is 0 Å². The maximum absolute atomic E-state index is 5.51. The molecule has 0 aliphatic carbocycles. The number of epoxide rings is 1. The van der Waals surface area contributed by atoms with Crippen LogP contribution in [0.1, 0.15) is 0 Å². The standard InChI is InChI=1S/C9H15NO3/c1(9-6-13-9)10-7-2-11-4-8(10)5-12-3-7/h7-9H,1-6H2/t7?,8?,9-/m0/s1. The molecular formula is C9H15NO3. The molecule has 4 heteroatoms. The molecule has 3 rings (SSSR count). The van der Waals surface area contributed by atoms with Crippen LogP contribution in [0.5, 0.6) is 0 Å². The average molecular weight is 185 g/mol. The molecule has 0 amide bonds. The first-order chi connectivity index (χ1) is 6.43. The summed E-state index contributed by atoms with van der Waals surface area (Å²) in [7, 11) is 0. The molecular weight excluding hydrogens is 170 g/mol. The van der Waals surface area contributed by atoms with Gasteiger partial charge in [-0.2, -0.15) is 0 Å². The summed E-state index contributed by atoms with van der Waals surface area (Å²) in [4.78, 5) is 2.50. The van der Waals surface area contributed by atoms with Crippen molar-refractivity contribution in [3.63, 3.8) is 0 Å². The second kappa shape index (κ2) is 3.20. The summed E-state index contributed by atoms with van der Waals surface area (Å²) in [6, 6.07) is 0.938. The third-order valence-electron chi connectivity index (χ3n) is 3.00. The Balaban J connectivity index is 1.67. The van der Waals surface area contributed by atoms with Gasteiger partial charge in [0.2, 0.25) is 0 Å². The van der Waals surface area contributed by atoms with Crippen molar-refractivity contribution >= 4 is 0 Å². The van der Waals surface area contributed by atoms with Crippen LogP contribution in [0.25, 0.3) is 0 Å². The summed E-state index contributed by atoms with van der Waals surface area (Å²) in [5, 5.41) is 0. The second-order valence-electron chi connectivity index (χ2n) is 4.03. The van der Waals surface area contributed by atoms with Gasteiger partial charge in [-0.15, -0.1) is 0 Å². The zero-order chi connectivity index (χ0) is 8.67. The highest BCUT2D eigenvalue weighted by atomic mass is 16.6. The minimum Gasteiger partial charge on any atom is -0.378 e. The Labute approximate surface area is 77.7 Å². The molecule has 0 aromatic rings. The lowest BCUT2D eigenvalue weighted by Crippen LogP contribution is -2.60. The Bertz CT molecular complexity index is 173. The average Bonchev–Trinajstić information content (AvgIpc) is 2.87. The van der Waals surface area contributed by atoms with Crippen LogP contribution in [0, 0.1) is 0 Å². The molecule has 0 unspecified atom stereocenters. The fraction of sp³-hybridized carbons (Fsp3) is 1.00. The van der Waals surface area contributed by atoms with Gasteiger partial charge >= 0.3 is 0 Å². The zero-order valence-electron chi connectivity index (χ0n) is 7.65. The van der Waals surface area contributed by atoms with Crippen LogP contribution in [0.2, 0.25) is 0 Å². The van der Waals surface area contributed by atoms with Gasteiger partial charge in [0.05, 0.1) is 51.2 Å². The molecule has 3 heterocycles. The molecule has 2 bridgehead atoms. The normalized spacial score (nSPS) is 44.8. The van der Waals surface area contributed by atoms with Crippen LogP contribution in [0.3, 0.4) is 0 Å². The van der Waals surface area contributed by atoms with E-state index in [1.54, 1.807) is 0 Å². The quantitative estimate of drug-likeness (QED) is 0.542. The van der Waals surface area contributed by atoms with Gasteiger partial charge < -0.3 is 14.2 Å². The lowest BCUT2D eigenvalue weighted by molar-refractivity contribution is -0.138. The Morgan fingerprint density at radius 2 is 1.46 bits per heavy atom. The van der Waals surface area contributed by atoms with E-state index in [1.165, 1.54) is 0 Å². The van der Waals surface area contributed by atoms with E-state index in [9.17, 15) is 0 Å². The Kier molecular flexibility index (Phi) is 2.01. The van der Waals surface area contributed by atoms with Crippen molar-refractivity contribution in [1.82, 2.24) is 4.90 Å². The van der Waals surface area contributed by atoms with Crippen molar-refractivity contribution in [2.24, 2.45) is 0 Å². The number of hydrogen-bond donors (Lipinski definition) is 0. The highest BCUT2D eigenvalue weighted by Crippen LogP contribution is 2.22. The van der Waals surface area contributed by atoms with Gasteiger partial charge in [-0.1, -0.05) is 0 Å².